The van der Waals surface area contributed by atoms with Crippen LogP contribution in [0, 0.1) is 11.6 Å². The molecule has 4 fully saturated rings. The minimum absolute atomic E-state index is 0.0805. The fourth-order valence-electron chi connectivity index (χ4n) is 4.68. The number of halogens is 6. The van der Waals surface area contributed by atoms with E-state index >= 15 is 0 Å². The second-order valence-electron chi connectivity index (χ2n) is 8.73. The Morgan fingerprint density at radius 3 is 2.34 bits per heavy atom. The van der Waals surface area contributed by atoms with Gasteiger partial charge in [-0.25, -0.2) is 8.78 Å². The zero-order chi connectivity index (χ0) is 23.3. The second-order valence-corrected chi connectivity index (χ2v) is 9.14. The van der Waals surface area contributed by atoms with Crippen LogP contribution in [0.4, 0.5) is 22.0 Å². The van der Waals surface area contributed by atoms with E-state index in [1.807, 2.05) is 0 Å². The number of carbonyl (C=O) groups is 2. The van der Waals surface area contributed by atoms with Crippen LogP contribution in [-0.4, -0.2) is 54.5 Å². The summed E-state index contributed by atoms with van der Waals surface area (Å²) in [5, 5.41) is 5.50. The summed E-state index contributed by atoms with van der Waals surface area (Å²) >= 11 is 5.48. The van der Waals surface area contributed by atoms with Gasteiger partial charge in [0.2, 0.25) is 5.91 Å². The van der Waals surface area contributed by atoms with Crippen molar-refractivity contribution in [1.82, 2.24) is 10.6 Å². The molecule has 32 heavy (non-hydrogen) atoms. The van der Waals surface area contributed by atoms with Crippen molar-refractivity contribution >= 4 is 23.3 Å². The zero-order valence-corrected chi connectivity index (χ0v) is 17.4. The van der Waals surface area contributed by atoms with Gasteiger partial charge in [-0.15, -0.1) is 13.2 Å². The van der Waals surface area contributed by atoms with E-state index < -0.39 is 46.5 Å². The maximum absolute atomic E-state index is 13.9. The van der Waals surface area contributed by atoms with Gasteiger partial charge in [0.1, 0.15) is 6.61 Å². The molecule has 0 aromatic heterocycles. The molecule has 0 saturated heterocycles. The van der Waals surface area contributed by atoms with Crippen LogP contribution < -0.4 is 10.6 Å². The van der Waals surface area contributed by atoms with Crippen LogP contribution >= 0.6 is 11.6 Å². The third-order valence-electron chi connectivity index (χ3n) is 6.20. The number of ketones is 1. The summed E-state index contributed by atoms with van der Waals surface area (Å²) < 4.78 is 72.8. The van der Waals surface area contributed by atoms with Gasteiger partial charge in [0.25, 0.3) is 0 Å². The fraction of sp³-hybridized carbons (Fsp3) is 0.600. The van der Waals surface area contributed by atoms with Gasteiger partial charge in [-0.05, 0) is 31.4 Å². The summed E-state index contributed by atoms with van der Waals surface area (Å²) in [6.07, 6.45) is -4.19. The first-order chi connectivity index (χ1) is 14.9. The van der Waals surface area contributed by atoms with Gasteiger partial charge in [0.15, 0.2) is 17.4 Å². The molecule has 0 radical (unpaired) electrons. The summed E-state index contributed by atoms with van der Waals surface area (Å²) in [7, 11) is 0. The van der Waals surface area contributed by atoms with Crippen molar-refractivity contribution in [2.75, 3.05) is 13.2 Å². The van der Waals surface area contributed by atoms with Gasteiger partial charge in [-0.1, -0.05) is 11.6 Å². The Morgan fingerprint density at radius 1 is 1.06 bits per heavy atom. The molecule has 4 saturated carbocycles. The lowest BCUT2D eigenvalue weighted by Gasteiger charge is -2.70. The maximum atomic E-state index is 13.9. The average molecular weight is 483 g/mol. The highest BCUT2D eigenvalue weighted by Crippen LogP contribution is 2.60. The van der Waals surface area contributed by atoms with Crippen LogP contribution in [0.1, 0.15) is 42.5 Å². The minimum atomic E-state index is -4.68. The topological polar surface area (TPSA) is 76.7 Å². The number of hydrogen-bond acceptors (Lipinski definition) is 5. The predicted molar refractivity (Wildman–Crippen MR) is 101 cm³/mol. The molecule has 176 valence electrons. The van der Waals surface area contributed by atoms with Gasteiger partial charge < -0.3 is 15.4 Å². The Labute approximate surface area is 184 Å². The lowest BCUT2D eigenvalue weighted by atomic mass is 9.44. The van der Waals surface area contributed by atoms with Crippen LogP contribution in [0.15, 0.2) is 12.1 Å². The molecule has 4 aliphatic rings. The normalized spacial score (nSPS) is 30.7. The summed E-state index contributed by atoms with van der Waals surface area (Å²) in [6.45, 7) is -0.445. The second kappa shape index (κ2) is 8.19. The first kappa shape index (κ1) is 23.3. The molecule has 12 heteroatoms. The standard InChI is InChI=1S/C20H20ClF5N2O4/c21-13-2-1-12(16(22)17(13)23)14(29)5-27-18-7-19(8-18,9-18)28-15(30)6-31-10-3-11(4-10)32-20(24,25)26/h1-2,10-11,27H,3-9H2,(H,28,30). The largest absolute Gasteiger partial charge is 0.522 e. The molecule has 0 unspecified atom stereocenters. The monoisotopic (exact) mass is 482 g/mol. The van der Waals surface area contributed by atoms with Crippen molar-refractivity contribution in [1.29, 1.82) is 0 Å². The Balaban J connectivity index is 1.14. The van der Waals surface area contributed by atoms with Crippen LogP contribution in [0.3, 0.4) is 0 Å². The molecule has 6 nitrogen and oxygen atoms in total. The van der Waals surface area contributed by atoms with Gasteiger partial charge >= 0.3 is 6.36 Å². The summed E-state index contributed by atoms with van der Waals surface area (Å²) in [6, 6.07) is 2.25. The average Bonchev–Trinajstić information content (AvgIpc) is 2.61. The molecule has 4 aliphatic carbocycles. The van der Waals surface area contributed by atoms with Crippen molar-refractivity contribution in [3.05, 3.63) is 34.4 Å². The van der Waals surface area contributed by atoms with Gasteiger partial charge in [0.05, 0.1) is 29.3 Å². The van der Waals surface area contributed by atoms with Gasteiger partial charge in [-0.3, -0.25) is 14.3 Å². The maximum Gasteiger partial charge on any atom is 0.522 e. The molecule has 1 amide bonds. The summed E-state index contributed by atoms with van der Waals surface area (Å²) in [5.41, 5.74) is -1.14. The number of nitrogens with one attached hydrogen (secondary N) is 2. The van der Waals surface area contributed by atoms with E-state index in [2.05, 4.69) is 15.4 Å². The van der Waals surface area contributed by atoms with E-state index in [-0.39, 0.29) is 43.0 Å². The molecular formula is C20H20ClF5N2O4. The third kappa shape index (κ3) is 4.75. The number of benzene rings is 1. The lowest BCUT2D eigenvalue weighted by molar-refractivity contribution is -0.357. The first-order valence-electron chi connectivity index (χ1n) is 9.98. The Bertz CT molecular complexity index is 916. The number of alkyl halides is 3. The highest BCUT2D eigenvalue weighted by atomic mass is 35.5. The third-order valence-corrected chi connectivity index (χ3v) is 6.49. The van der Waals surface area contributed by atoms with E-state index in [0.717, 1.165) is 12.1 Å². The number of ether oxygens (including phenoxy) is 2. The number of Topliss-reactive ketones (excluding diaryl/α,β-unsaturated/α-hetero) is 1. The molecule has 0 aliphatic heterocycles. The highest BCUT2D eigenvalue weighted by molar-refractivity contribution is 6.30. The first-order valence-corrected chi connectivity index (χ1v) is 10.4. The molecule has 2 bridgehead atoms. The summed E-state index contributed by atoms with van der Waals surface area (Å²) in [5.74, 6) is -3.53. The SMILES string of the molecule is O=C(COC1CC(OC(F)(F)F)C1)NC12CC(NCC(=O)c3ccc(Cl)c(F)c3F)(C1)C2. The molecule has 1 aromatic rings. The van der Waals surface area contributed by atoms with Crippen molar-refractivity contribution in [2.24, 2.45) is 0 Å². The number of hydrogen-bond donors (Lipinski definition) is 2. The van der Waals surface area contributed by atoms with Crippen molar-refractivity contribution in [3.8, 4) is 0 Å². The molecule has 5 rings (SSSR count). The van der Waals surface area contributed by atoms with Gasteiger partial charge in [0, 0.05) is 23.9 Å². The fourth-order valence-corrected chi connectivity index (χ4v) is 4.82. The van der Waals surface area contributed by atoms with E-state index in [1.54, 1.807) is 0 Å². The Hall–Kier alpha value is -1.82. The van der Waals surface area contributed by atoms with E-state index in [9.17, 15) is 31.5 Å². The summed E-state index contributed by atoms with van der Waals surface area (Å²) in [4.78, 5) is 24.3. The molecule has 0 atom stereocenters. The van der Waals surface area contributed by atoms with Crippen LogP contribution in [0.5, 0.6) is 0 Å². The van der Waals surface area contributed by atoms with Crippen LogP contribution in [0.25, 0.3) is 0 Å². The highest BCUT2D eigenvalue weighted by Gasteiger charge is 2.68. The van der Waals surface area contributed by atoms with Crippen LogP contribution in [0.2, 0.25) is 5.02 Å². The van der Waals surface area contributed by atoms with Crippen molar-refractivity contribution in [2.45, 2.75) is 61.8 Å². The Morgan fingerprint density at radius 2 is 1.72 bits per heavy atom. The smallest absolute Gasteiger partial charge is 0.368 e. The van der Waals surface area contributed by atoms with Crippen molar-refractivity contribution < 1.29 is 41.0 Å². The molecular weight excluding hydrogens is 463 g/mol. The number of amides is 1. The number of carbonyl (C=O) groups excluding carboxylic acids is 2. The van der Waals surface area contributed by atoms with Gasteiger partial charge in [-0.2, -0.15) is 0 Å². The Kier molecular flexibility index (Phi) is 5.98. The molecule has 0 heterocycles. The van der Waals surface area contributed by atoms with Crippen molar-refractivity contribution in [3.63, 3.8) is 0 Å². The molecule has 0 spiro atoms. The quantitative estimate of drug-likeness (QED) is 0.321. The lowest BCUT2D eigenvalue weighted by Crippen LogP contribution is -2.83. The van der Waals surface area contributed by atoms with E-state index in [4.69, 9.17) is 16.3 Å². The van der Waals surface area contributed by atoms with E-state index in [1.165, 1.54) is 0 Å². The molecule has 2 N–H and O–H groups in total. The zero-order valence-electron chi connectivity index (χ0n) is 16.7. The van der Waals surface area contributed by atoms with Crippen LogP contribution in [-0.2, 0) is 14.3 Å². The predicted octanol–water partition coefficient (Wildman–Crippen LogP) is 3.27. The number of rotatable bonds is 9. The minimum Gasteiger partial charge on any atom is -0.368 e. The molecule has 1 aromatic carbocycles. The van der Waals surface area contributed by atoms with E-state index in [0.29, 0.717) is 19.3 Å².